The van der Waals surface area contributed by atoms with E-state index in [-0.39, 0.29) is 11.8 Å². The van der Waals surface area contributed by atoms with E-state index in [2.05, 4.69) is 22.3 Å². The first kappa shape index (κ1) is 19.6. The van der Waals surface area contributed by atoms with Gasteiger partial charge in [-0.3, -0.25) is 14.5 Å². The summed E-state index contributed by atoms with van der Waals surface area (Å²) in [5.41, 5.74) is 3.04. The summed E-state index contributed by atoms with van der Waals surface area (Å²) in [6.07, 6.45) is 0. The first-order valence-electron chi connectivity index (χ1n) is 9.87. The van der Waals surface area contributed by atoms with E-state index in [1.54, 1.807) is 11.3 Å². The van der Waals surface area contributed by atoms with Crippen LogP contribution in [0.15, 0.2) is 48.5 Å². The molecule has 2 aromatic carbocycles. The van der Waals surface area contributed by atoms with Crippen molar-refractivity contribution in [2.75, 3.05) is 38.0 Å². The van der Waals surface area contributed by atoms with E-state index < -0.39 is 0 Å². The van der Waals surface area contributed by atoms with Crippen LogP contribution in [0.2, 0.25) is 0 Å². The molecule has 0 saturated carbocycles. The second-order valence-electron chi connectivity index (χ2n) is 7.53. The third-order valence-electron chi connectivity index (χ3n) is 5.40. The summed E-state index contributed by atoms with van der Waals surface area (Å²) in [5, 5.41) is 4.10. The fourth-order valence-corrected chi connectivity index (χ4v) is 4.85. The molecule has 0 bridgehead atoms. The molecule has 0 atom stereocenters. The average Bonchev–Trinajstić information content (AvgIpc) is 3.06. The lowest BCUT2D eigenvalue weighted by molar-refractivity contribution is -0.117. The zero-order valence-electron chi connectivity index (χ0n) is 16.8. The highest BCUT2D eigenvalue weighted by molar-refractivity contribution is 7.21. The number of hydrogen-bond acceptors (Lipinski definition) is 4. The highest BCUT2D eigenvalue weighted by Crippen LogP contribution is 2.31. The molecule has 150 valence electrons. The van der Waals surface area contributed by atoms with Gasteiger partial charge in [-0.2, -0.15) is 0 Å². The van der Waals surface area contributed by atoms with E-state index in [0.29, 0.717) is 32.7 Å². The summed E-state index contributed by atoms with van der Waals surface area (Å²) in [7, 11) is 0. The van der Waals surface area contributed by atoms with Crippen LogP contribution in [0.25, 0.3) is 10.1 Å². The minimum atomic E-state index is -0.0195. The van der Waals surface area contributed by atoms with Crippen LogP contribution < -0.4 is 5.32 Å². The summed E-state index contributed by atoms with van der Waals surface area (Å²) in [6, 6.07) is 15.9. The number of nitrogens with one attached hydrogen (secondary N) is 1. The van der Waals surface area contributed by atoms with Gasteiger partial charge in [0.15, 0.2) is 0 Å². The number of nitrogens with zero attached hydrogens (tertiary/aromatic N) is 2. The van der Waals surface area contributed by atoms with E-state index in [0.717, 1.165) is 31.8 Å². The summed E-state index contributed by atoms with van der Waals surface area (Å²) in [5.74, 6) is 0.0847. The average molecular weight is 408 g/mol. The van der Waals surface area contributed by atoms with Crippen LogP contribution in [-0.2, 0) is 4.79 Å². The number of fused-ring (bicyclic) bond motifs is 1. The number of thiophene rings is 1. The van der Waals surface area contributed by atoms with E-state index in [4.69, 9.17) is 0 Å². The van der Waals surface area contributed by atoms with Crippen LogP contribution in [0, 0.1) is 13.8 Å². The molecule has 6 heteroatoms. The molecule has 3 aromatic rings. The zero-order valence-corrected chi connectivity index (χ0v) is 17.6. The Labute approximate surface area is 174 Å². The maximum atomic E-state index is 13.0. The van der Waals surface area contributed by atoms with Crippen molar-refractivity contribution in [2.45, 2.75) is 13.8 Å². The molecule has 1 aromatic heterocycles. The largest absolute Gasteiger partial charge is 0.335 e. The second kappa shape index (κ2) is 8.35. The number of benzene rings is 2. The Morgan fingerprint density at radius 3 is 2.34 bits per heavy atom. The number of hydrogen-bond donors (Lipinski definition) is 1. The smallest absolute Gasteiger partial charge is 0.264 e. The molecule has 0 radical (unpaired) electrons. The third-order valence-corrected chi connectivity index (χ3v) is 6.66. The van der Waals surface area contributed by atoms with Gasteiger partial charge in [0.25, 0.3) is 5.91 Å². The summed E-state index contributed by atoms with van der Waals surface area (Å²) < 4.78 is 1.15. The SMILES string of the molecule is Cc1ccc(NC(=O)CN2CCN(C(=O)c3sc4ccccc4c3C)CC2)cc1. The van der Waals surface area contributed by atoms with Gasteiger partial charge in [-0.1, -0.05) is 35.9 Å². The molecule has 1 aliphatic rings. The van der Waals surface area contributed by atoms with Gasteiger partial charge >= 0.3 is 0 Å². The first-order valence-corrected chi connectivity index (χ1v) is 10.7. The molecule has 4 rings (SSSR count). The van der Waals surface area contributed by atoms with E-state index >= 15 is 0 Å². The van der Waals surface area contributed by atoms with Crippen LogP contribution in [0.5, 0.6) is 0 Å². The molecule has 29 heavy (non-hydrogen) atoms. The van der Waals surface area contributed by atoms with Gasteiger partial charge in [0, 0.05) is 36.6 Å². The molecule has 1 fully saturated rings. The van der Waals surface area contributed by atoms with E-state index in [9.17, 15) is 9.59 Å². The van der Waals surface area contributed by atoms with Crippen molar-refractivity contribution in [3.05, 3.63) is 64.5 Å². The van der Waals surface area contributed by atoms with Crippen molar-refractivity contribution >= 4 is 38.9 Å². The Morgan fingerprint density at radius 1 is 0.966 bits per heavy atom. The Hall–Kier alpha value is -2.70. The van der Waals surface area contributed by atoms with Crippen molar-refractivity contribution in [2.24, 2.45) is 0 Å². The summed E-state index contributed by atoms with van der Waals surface area (Å²) in [4.78, 5) is 30.2. The van der Waals surface area contributed by atoms with Gasteiger partial charge in [-0.25, -0.2) is 0 Å². The number of anilines is 1. The summed E-state index contributed by atoms with van der Waals surface area (Å²) in [6.45, 7) is 7.09. The molecule has 2 amide bonds. The number of carbonyl (C=O) groups excluding carboxylic acids is 2. The van der Waals surface area contributed by atoms with Crippen molar-refractivity contribution in [1.29, 1.82) is 0 Å². The number of carbonyl (C=O) groups is 2. The molecule has 1 aliphatic heterocycles. The van der Waals surface area contributed by atoms with Crippen LogP contribution in [0.3, 0.4) is 0 Å². The zero-order chi connectivity index (χ0) is 20.4. The lowest BCUT2D eigenvalue weighted by Gasteiger charge is -2.34. The van der Waals surface area contributed by atoms with E-state index in [1.165, 1.54) is 0 Å². The van der Waals surface area contributed by atoms with Crippen molar-refractivity contribution in [1.82, 2.24) is 9.80 Å². The third kappa shape index (κ3) is 4.33. The van der Waals surface area contributed by atoms with Crippen LogP contribution in [-0.4, -0.2) is 54.3 Å². The quantitative estimate of drug-likeness (QED) is 0.713. The van der Waals surface area contributed by atoms with Gasteiger partial charge < -0.3 is 10.2 Å². The number of rotatable bonds is 4. The molecule has 5 nitrogen and oxygen atoms in total. The molecule has 1 N–H and O–H groups in total. The predicted octanol–water partition coefficient (Wildman–Crippen LogP) is 3.91. The lowest BCUT2D eigenvalue weighted by atomic mass is 10.1. The molecule has 0 aliphatic carbocycles. The maximum absolute atomic E-state index is 13.0. The van der Waals surface area contributed by atoms with Gasteiger partial charge in [-0.15, -0.1) is 11.3 Å². The van der Waals surface area contributed by atoms with Gasteiger partial charge in [0.05, 0.1) is 11.4 Å². The number of piperazine rings is 1. The molecule has 0 unspecified atom stereocenters. The fourth-order valence-electron chi connectivity index (χ4n) is 3.67. The van der Waals surface area contributed by atoms with Crippen LogP contribution in [0.1, 0.15) is 20.8 Å². The normalized spacial score (nSPS) is 14.9. The maximum Gasteiger partial charge on any atom is 0.264 e. The molecule has 0 spiro atoms. The first-order chi connectivity index (χ1) is 14.0. The minimum Gasteiger partial charge on any atom is -0.335 e. The fraction of sp³-hybridized carbons (Fsp3) is 0.304. The van der Waals surface area contributed by atoms with Gasteiger partial charge in [0.2, 0.25) is 5.91 Å². The van der Waals surface area contributed by atoms with Crippen LogP contribution in [0.4, 0.5) is 5.69 Å². The van der Waals surface area contributed by atoms with Crippen molar-refractivity contribution in [3.8, 4) is 0 Å². The Bertz CT molecular complexity index is 1030. The highest BCUT2D eigenvalue weighted by atomic mass is 32.1. The Balaban J connectivity index is 1.32. The second-order valence-corrected chi connectivity index (χ2v) is 8.59. The van der Waals surface area contributed by atoms with Gasteiger partial charge in [0.1, 0.15) is 0 Å². The van der Waals surface area contributed by atoms with E-state index in [1.807, 2.05) is 55.1 Å². The topological polar surface area (TPSA) is 52.7 Å². The molecule has 2 heterocycles. The number of amides is 2. The monoisotopic (exact) mass is 407 g/mol. The number of aryl methyl sites for hydroxylation is 2. The molecular formula is C23H25N3O2S. The molecule has 1 saturated heterocycles. The minimum absolute atomic E-state index is 0.0195. The van der Waals surface area contributed by atoms with Crippen LogP contribution >= 0.6 is 11.3 Å². The van der Waals surface area contributed by atoms with Crippen molar-refractivity contribution < 1.29 is 9.59 Å². The standard InChI is InChI=1S/C23H25N3O2S/c1-16-7-9-18(10-8-16)24-21(27)15-25-11-13-26(14-12-25)23(28)22-17(2)19-5-3-4-6-20(19)29-22/h3-10H,11-15H2,1-2H3,(H,24,27). The van der Waals surface area contributed by atoms with Gasteiger partial charge in [-0.05, 0) is 43.0 Å². The summed E-state index contributed by atoms with van der Waals surface area (Å²) >= 11 is 1.57. The van der Waals surface area contributed by atoms with Crippen molar-refractivity contribution in [3.63, 3.8) is 0 Å². The predicted molar refractivity (Wildman–Crippen MR) is 119 cm³/mol. The Morgan fingerprint density at radius 2 is 1.66 bits per heavy atom. The lowest BCUT2D eigenvalue weighted by Crippen LogP contribution is -2.50. The highest BCUT2D eigenvalue weighted by Gasteiger charge is 2.26. The Kier molecular flexibility index (Phi) is 5.65. The molecular weight excluding hydrogens is 382 g/mol.